The van der Waals surface area contributed by atoms with Gasteiger partial charge in [-0.1, -0.05) is 42.5 Å². The maximum absolute atomic E-state index is 11.9. The van der Waals surface area contributed by atoms with Crippen molar-refractivity contribution >= 4 is 35.6 Å². The van der Waals surface area contributed by atoms with Crippen LogP contribution in [0.5, 0.6) is 5.88 Å². The van der Waals surface area contributed by atoms with E-state index >= 15 is 0 Å². The van der Waals surface area contributed by atoms with Gasteiger partial charge in [-0.05, 0) is 29.9 Å². The van der Waals surface area contributed by atoms with Crippen LogP contribution < -0.4 is 10.7 Å². The van der Waals surface area contributed by atoms with Crippen molar-refractivity contribution in [3.63, 3.8) is 0 Å². The van der Waals surface area contributed by atoms with Gasteiger partial charge in [-0.25, -0.2) is 14.8 Å². The molecular weight excluding hydrogens is 394 g/mol. The van der Waals surface area contributed by atoms with Crippen molar-refractivity contribution in [3.05, 3.63) is 85.5 Å². The Bertz CT molecular complexity index is 1220. The number of benzene rings is 2. The van der Waals surface area contributed by atoms with E-state index in [0.717, 1.165) is 27.6 Å². The molecule has 0 spiro atoms. The largest absolute Gasteiger partial charge is 0.493 e. The van der Waals surface area contributed by atoms with E-state index in [1.807, 2.05) is 54.6 Å². The number of thiazole rings is 1. The molecular formula is C20H15N3O3S2. The van der Waals surface area contributed by atoms with Crippen LogP contribution in [0.25, 0.3) is 6.08 Å². The summed E-state index contributed by atoms with van der Waals surface area (Å²) in [5.41, 5.74) is 0.846. The van der Waals surface area contributed by atoms with Crippen molar-refractivity contribution < 1.29 is 15.0 Å². The number of aromatic nitrogens is 1. The number of aromatic hydroxyl groups is 1. The number of hydrogen-bond donors (Lipinski definition) is 2. The summed E-state index contributed by atoms with van der Waals surface area (Å²) in [6.07, 6.45) is 1.83. The molecule has 0 radical (unpaired) electrons. The van der Waals surface area contributed by atoms with Crippen LogP contribution in [0.4, 0.5) is 0 Å². The standard InChI is InChI=1S/C20H15N3O3S2/c24-18-16(11-17-21-13-8-4-5-9-14(13)22-17)28-20(27)23(18)15(19(25)26)10-12-6-2-1-3-7-12/h1-9,11,15,24H,10H2,(H,25,26). The average Bonchev–Trinajstić information content (AvgIpc) is 3.21. The van der Waals surface area contributed by atoms with Gasteiger partial charge in [0.25, 0.3) is 0 Å². The van der Waals surface area contributed by atoms with Crippen LogP contribution in [0.2, 0.25) is 0 Å². The first-order valence-corrected chi connectivity index (χ1v) is 9.70. The summed E-state index contributed by atoms with van der Waals surface area (Å²) >= 11 is 6.48. The Labute approximate surface area is 169 Å². The van der Waals surface area contributed by atoms with Crippen molar-refractivity contribution in [3.8, 4) is 5.88 Å². The van der Waals surface area contributed by atoms with Gasteiger partial charge in [0.15, 0.2) is 9.78 Å². The highest BCUT2D eigenvalue weighted by molar-refractivity contribution is 7.73. The Morgan fingerprint density at radius 1 is 1.11 bits per heavy atom. The third kappa shape index (κ3) is 3.51. The second-order valence-corrected chi connectivity index (χ2v) is 7.86. The molecule has 4 rings (SSSR count). The molecule has 1 aliphatic heterocycles. The summed E-state index contributed by atoms with van der Waals surface area (Å²) in [5, 5.41) is 21.9. The Kier molecular flexibility index (Phi) is 4.89. The fourth-order valence-corrected chi connectivity index (χ4v) is 4.33. The lowest BCUT2D eigenvalue weighted by Crippen LogP contribution is -2.21. The molecule has 1 unspecified atom stereocenters. The Morgan fingerprint density at radius 3 is 2.32 bits per heavy atom. The molecule has 2 N–H and O–H groups in total. The zero-order valence-corrected chi connectivity index (χ0v) is 16.2. The van der Waals surface area contributed by atoms with Gasteiger partial charge in [-0.3, -0.25) is 4.57 Å². The van der Waals surface area contributed by atoms with Crippen molar-refractivity contribution in [1.29, 1.82) is 0 Å². The average molecular weight is 409 g/mol. The third-order valence-corrected chi connectivity index (χ3v) is 5.66. The SMILES string of the molecule is O=C(O)C(Cc1ccccc1)n1c(O)c(C=C2N=c3ccccc3=N2)sc1=S. The van der Waals surface area contributed by atoms with Crippen molar-refractivity contribution in [2.45, 2.75) is 12.5 Å². The molecule has 1 aromatic heterocycles. The first-order chi connectivity index (χ1) is 13.5. The summed E-state index contributed by atoms with van der Waals surface area (Å²) in [6.45, 7) is 0. The Balaban J connectivity index is 1.73. The summed E-state index contributed by atoms with van der Waals surface area (Å²) in [7, 11) is 0. The van der Waals surface area contributed by atoms with Crippen LogP contribution in [0.1, 0.15) is 16.5 Å². The first-order valence-electron chi connectivity index (χ1n) is 8.48. The van der Waals surface area contributed by atoms with E-state index in [9.17, 15) is 15.0 Å². The van der Waals surface area contributed by atoms with E-state index in [0.29, 0.717) is 10.7 Å². The van der Waals surface area contributed by atoms with Gasteiger partial charge in [0.2, 0.25) is 5.88 Å². The van der Waals surface area contributed by atoms with Gasteiger partial charge in [-0.15, -0.1) is 11.3 Å². The number of carboxylic acids is 1. The quantitative estimate of drug-likeness (QED) is 0.634. The van der Waals surface area contributed by atoms with Gasteiger partial charge in [0, 0.05) is 12.5 Å². The highest BCUT2D eigenvalue weighted by Crippen LogP contribution is 2.33. The molecule has 0 amide bonds. The highest BCUT2D eigenvalue weighted by atomic mass is 32.1. The van der Waals surface area contributed by atoms with E-state index in [1.54, 1.807) is 6.08 Å². The number of fused-ring (bicyclic) bond motifs is 1. The third-order valence-electron chi connectivity index (χ3n) is 4.32. The number of para-hydroxylation sites is 2. The predicted octanol–water partition coefficient (Wildman–Crippen LogP) is 3.10. The lowest BCUT2D eigenvalue weighted by atomic mass is 10.1. The van der Waals surface area contributed by atoms with Gasteiger partial charge >= 0.3 is 5.97 Å². The molecule has 2 aromatic carbocycles. The molecule has 140 valence electrons. The van der Waals surface area contributed by atoms with Gasteiger partial charge < -0.3 is 10.2 Å². The summed E-state index contributed by atoms with van der Waals surface area (Å²) in [5.74, 6) is -0.808. The van der Waals surface area contributed by atoms with Crippen LogP contribution in [-0.2, 0) is 11.2 Å². The minimum absolute atomic E-state index is 0.188. The molecule has 28 heavy (non-hydrogen) atoms. The number of rotatable bonds is 5. The normalized spacial score (nSPS) is 13.4. The molecule has 0 bridgehead atoms. The number of carbonyl (C=O) groups is 1. The molecule has 6 nitrogen and oxygen atoms in total. The van der Waals surface area contributed by atoms with Crippen LogP contribution in [-0.4, -0.2) is 20.7 Å². The van der Waals surface area contributed by atoms with Crippen molar-refractivity contribution in [2.24, 2.45) is 9.98 Å². The summed E-state index contributed by atoms with van der Waals surface area (Å²) in [6, 6.07) is 15.7. The smallest absolute Gasteiger partial charge is 0.327 e. The van der Waals surface area contributed by atoms with Crippen LogP contribution >= 0.6 is 23.6 Å². The van der Waals surface area contributed by atoms with Crippen molar-refractivity contribution in [1.82, 2.24) is 4.57 Å². The minimum atomic E-state index is -1.06. The lowest BCUT2D eigenvalue weighted by Gasteiger charge is -2.15. The molecule has 0 aliphatic carbocycles. The molecule has 0 saturated heterocycles. The number of nitrogens with zero attached hydrogens (tertiary/aromatic N) is 3. The zero-order chi connectivity index (χ0) is 19.7. The first kappa shape index (κ1) is 18.3. The fraction of sp³-hybridized carbons (Fsp3) is 0.100. The second-order valence-electron chi connectivity index (χ2n) is 6.18. The number of aliphatic carboxylic acids is 1. The Hall–Kier alpha value is -3.10. The zero-order valence-electron chi connectivity index (χ0n) is 14.5. The van der Waals surface area contributed by atoms with E-state index in [2.05, 4.69) is 9.98 Å². The maximum Gasteiger partial charge on any atom is 0.327 e. The van der Waals surface area contributed by atoms with E-state index in [-0.39, 0.29) is 16.3 Å². The molecule has 8 heteroatoms. The van der Waals surface area contributed by atoms with Gasteiger partial charge in [-0.2, -0.15) is 0 Å². The molecule has 1 atom stereocenters. The van der Waals surface area contributed by atoms with E-state index < -0.39 is 12.0 Å². The highest BCUT2D eigenvalue weighted by Gasteiger charge is 2.26. The molecule has 0 saturated carbocycles. The van der Waals surface area contributed by atoms with E-state index in [4.69, 9.17) is 12.2 Å². The van der Waals surface area contributed by atoms with E-state index in [1.165, 1.54) is 4.57 Å². The number of carboxylic acid groups (broad SMARTS) is 1. The summed E-state index contributed by atoms with van der Waals surface area (Å²) in [4.78, 5) is 21.1. The lowest BCUT2D eigenvalue weighted by molar-refractivity contribution is -0.141. The maximum atomic E-state index is 11.9. The van der Waals surface area contributed by atoms with Crippen LogP contribution in [0.15, 0.2) is 70.4 Å². The van der Waals surface area contributed by atoms with Crippen molar-refractivity contribution in [2.75, 3.05) is 0 Å². The predicted molar refractivity (Wildman–Crippen MR) is 108 cm³/mol. The van der Waals surface area contributed by atoms with Gasteiger partial charge in [0.1, 0.15) is 6.04 Å². The monoisotopic (exact) mass is 409 g/mol. The van der Waals surface area contributed by atoms with Gasteiger partial charge in [0.05, 0.1) is 15.6 Å². The van der Waals surface area contributed by atoms with Crippen LogP contribution in [0.3, 0.4) is 0 Å². The van der Waals surface area contributed by atoms with Crippen LogP contribution in [0, 0.1) is 3.95 Å². The second kappa shape index (κ2) is 7.49. The Morgan fingerprint density at radius 2 is 1.71 bits per heavy atom. The summed E-state index contributed by atoms with van der Waals surface area (Å²) < 4.78 is 1.56. The molecule has 3 aromatic rings. The molecule has 0 fully saturated rings. The topological polar surface area (TPSA) is 87.2 Å². The number of hydrogen-bond acceptors (Lipinski definition) is 6. The fourth-order valence-electron chi connectivity index (χ4n) is 3.00. The molecule has 1 aliphatic rings. The minimum Gasteiger partial charge on any atom is -0.493 e. The molecule has 2 heterocycles.